The van der Waals surface area contributed by atoms with E-state index >= 15 is 0 Å². The molecule has 2 fully saturated rings. The fourth-order valence-electron chi connectivity index (χ4n) is 3.86. The number of ether oxygens (including phenoxy) is 1. The summed E-state index contributed by atoms with van der Waals surface area (Å²) in [5.41, 5.74) is 2.13. The number of fused-ring (bicyclic) bond motifs is 3. The Morgan fingerprint density at radius 1 is 1.16 bits per heavy atom. The summed E-state index contributed by atoms with van der Waals surface area (Å²) in [6.45, 7) is 9.21. The number of likely N-dealkylation sites (N-methyl/N-ethyl adjacent to an activating group) is 1. The van der Waals surface area contributed by atoms with Crippen molar-refractivity contribution >= 4 is 17.9 Å². The van der Waals surface area contributed by atoms with Gasteiger partial charge < -0.3 is 14.5 Å². The highest BCUT2D eigenvalue weighted by Crippen LogP contribution is 2.35. The largest absolute Gasteiger partial charge is 0.379 e. The van der Waals surface area contributed by atoms with Crippen LogP contribution in [0.2, 0.25) is 0 Å². The Bertz CT molecular complexity index is 669. The highest BCUT2D eigenvalue weighted by Gasteiger charge is 2.52. The van der Waals surface area contributed by atoms with Crippen molar-refractivity contribution in [1.29, 1.82) is 0 Å². The topological polar surface area (TPSA) is 80.7 Å². The van der Waals surface area contributed by atoms with E-state index in [2.05, 4.69) is 22.0 Å². The van der Waals surface area contributed by atoms with Crippen molar-refractivity contribution < 1.29 is 14.3 Å². The third kappa shape index (κ3) is 2.49. The Kier molecular flexibility index (Phi) is 3.92. The van der Waals surface area contributed by atoms with E-state index in [0.29, 0.717) is 0 Å². The molecule has 4 rings (SSSR count). The third-order valence-electron chi connectivity index (χ3n) is 5.51. The van der Waals surface area contributed by atoms with Crippen LogP contribution in [0.4, 0.5) is 4.79 Å². The molecule has 1 N–H and O–H groups in total. The maximum Gasteiger partial charge on any atom is 0.325 e. The number of guanidine groups is 1. The van der Waals surface area contributed by atoms with Gasteiger partial charge in [-0.1, -0.05) is 0 Å². The highest BCUT2D eigenvalue weighted by molar-refractivity contribution is 6.05. The number of nitrogens with zero attached hydrogens (tertiary/aromatic N) is 5. The third-order valence-corrected chi connectivity index (χ3v) is 5.51. The van der Waals surface area contributed by atoms with Gasteiger partial charge in [-0.25, -0.2) is 9.79 Å². The fraction of sp³-hybridized carbons (Fsp3) is 0.688. The second-order valence-electron chi connectivity index (χ2n) is 6.84. The summed E-state index contributed by atoms with van der Waals surface area (Å²) < 4.78 is 5.40. The number of allylic oxidation sites excluding steroid dienone is 2. The summed E-state index contributed by atoms with van der Waals surface area (Å²) in [4.78, 5) is 37.0. The zero-order chi connectivity index (χ0) is 17.7. The SMILES string of the molecule is CC1=C(C)N2C(=NC3C2C(=O)NC(=O)N3C)N1CCN1CCOCC1. The van der Waals surface area contributed by atoms with Crippen LogP contribution in [0.15, 0.2) is 16.4 Å². The maximum atomic E-state index is 12.4. The average molecular weight is 348 g/mol. The molecule has 9 heteroatoms. The van der Waals surface area contributed by atoms with Crippen LogP contribution < -0.4 is 5.32 Å². The summed E-state index contributed by atoms with van der Waals surface area (Å²) in [5, 5.41) is 2.42. The maximum absolute atomic E-state index is 12.4. The van der Waals surface area contributed by atoms with Crippen LogP contribution in [-0.4, -0.2) is 96.1 Å². The van der Waals surface area contributed by atoms with Crippen LogP contribution in [0.25, 0.3) is 0 Å². The number of carbonyl (C=O) groups excluding carboxylic acids is 2. The smallest absolute Gasteiger partial charge is 0.325 e. The van der Waals surface area contributed by atoms with E-state index in [1.54, 1.807) is 7.05 Å². The van der Waals surface area contributed by atoms with Crippen LogP contribution in [0.5, 0.6) is 0 Å². The number of morpholine rings is 1. The first-order valence-corrected chi connectivity index (χ1v) is 8.69. The van der Waals surface area contributed by atoms with Crippen molar-refractivity contribution in [3.63, 3.8) is 0 Å². The molecule has 0 spiro atoms. The summed E-state index contributed by atoms with van der Waals surface area (Å²) in [6.07, 6.45) is -0.467. The minimum absolute atomic E-state index is 0.283. The van der Waals surface area contributed by atoms with E-state index in [0.717, 1.165) is 56.7 Å². The van der Waals surface area contributed by atoms with Gasteiger partial charge in [0.05, 0.1) is 13.2 Å². The molecule has 4 aliphatic heterocycles. The van der Waals surface area contributed by atoms with Crippen molar-refractivity contribution in [3.05, 3.63) is 11.4 Å². The molecule has 2 unspecified atom stereocenters. The van der Waals surface area contributed by atoms with Crippen LogP contribution in [0.3, 0.4) is 0 Å². The molecule has 3 amide bonds. The van der Waals surface area contributed by atoms with Gasteiger partial charge in [0, 0.05) is 44.6 Å². The molecule has 25 heavy (non-hydrogen) atoms. The molecule has 0 bridgehead atoms. The number of hydrogen-bond donors (Lipinski definition) is 1. The zero-order valence-corrected chi connectivity index (χ0v) is 14.9. The van der Waals surface area contributed by atoms with Crippen molar-refractivity contribution in [2.75, 3.05) is 46.4 Å². The number of carbonyl (C=O) groups is 2. The van der Waals surface area contributed by atoms with Gasteiger partial charge in [0.1, 0.15) is 0 Å². The van der Waals surface area contributed by atoms with Crippen molar-refractivity contribution in [2.45, 2.75) is 26.1 Å². The molecule has 9 nitrogen and oxygen atoms in total. The van der Waals surface area contributed by atoms with Gasteiger partial charge in [0.15, 0.2) is 12.2 Å². The van der Waals surface area contributed by atoms with E-state index in [4.69, 9.17) is 9.73 Å². The Balaban J connectivity index is 1.55. The van der Waals surface area contributed by atoms with E-state index in [9.17, 15) is 9.59 Å². The number of imide groups is 1. The molecule has 0 aromatic rings. The number of aliphatic imine (C=N–C) groups is 1. The average Bonchev–Trinajstić information content (AvgIpc) is 3.10. The van der Waals surface area contributed by atoms with Crippen molar-refractivity contribution in [2.24, 2.45) is 4.99 Å². The van der Waals surface area contributed by atoms with Gasteiger partial charge >= 0.3 is 6.03 Å². The normalized spacial score (nSPS) is 29.9. The lowest BCUT2D eigenvalue weighted by atomic mass is 10.1. The first-order chi connectivity index (χ1) is 12.0. The predicted molar refractivity (Wildman–Crippen MR) is 90.5 cm³/mol. The van der Waals surface area contributed by atoms with Gasteiger partial charge in [-0.2, -0.15) is 0 Å². The molecular weight excluding hydrogens is 324 g/mol. The summed E-state index contributed by atoms with van der Waals surface area (Å²) in [6, 6.07) is -0.879. The predicted octanol–water partition coefficient (Wildman–Crippen LogP) is -0.566. The van der Waals surface area contributed by atoms with Gasteiger partial charge in [-0.05, 0) is 13.8 Å². The molecule has 0 saturated carbocycles. The second kappa shape index (κ2) is 5.99. The van der Waals surface area contributed by atoms with E-state index in [-0.39, 0.29) is 5.91 Å². The molecule has 2 saturated heterocycles. The second-order valence-corrected chi connectivity index (χ2v) is 6.84. The minimum Gasteiger partial charge on any atom is -0.379 e. The molecule has 0 radical (unpaired) electrons. The molecule has 4 aliphatic rings. The van der Waals surface area contributed by atoms with Crippen LogP contribution in [0.1, 0.15) is 13.8 Å². The van der Waals surface area contributed by atoms with Crippen LogP contribution >= 0.6 is 0 Å². The highest BCUT2D eigenvalue weighted by atomic mass is 16.5. The molecule has 4 heterocycles. The monoisotopic (exact) mass is 348 g/mol. The Labute approximate surface area is 146 Å². The zero-order valence-electron chi connectivity index (χ0n) is 14.9. The lowest BCUT2D eigenvalue weighted by molar-refractivity contribution is -0.126. The first kappa shape index (κ1) is 16.3. The van der Waals surface area contributed by atoms with Gasteiger partial charge in [-0.15, -0.1) is 0 Å². The molecular formula is C16H24N6O3. The number of rotatable bonds is 3. The van der Waals surface area contributed by atoms with Gasteiger partial charge in [0.25, 0.3) is 5.91 Å². The van der Waals surface area contributed by atoms with E-state index < -0.39 is 18.2 Å². The number of urea groups is 1. The van der Waals surface area contributed by atoms with Crippen LogP contribution in [-0.2, 0) is 9.53 Å². The fourth-order valence-corrected chi connectivity index (χ4v) is 3.86. The molecule has 0 aromatic carbocycles. The minimum atomic E-state index is -0.485. The van der Waals surface area contributed by atoms with Crippen molar-refractivity contribution in [1.82, 2.24) is 24.9 Å². The molecule has 0 aliphatic carbocycles. The van der Waals surface area contributed by atoms with E-state index in [1.165, 1.54) is 4.90 Å². The lowest BCUT2D eigenvalue weighted by Gasteiger charge is -2.35. The number of nitrogens with one attached hydrogen (secondary N) is 1. The number of amides is 3. The number of hydrogen-bond acceptors (Lipinski definition) is 7. The molecule has 0 aromatic heterocycles. The van der Waals surface area contributed by atoms with Crippen molar-refractivity contribution in [3.8, 4) is 0 Å². The molecule has 136 valence electrons. The van der Waals surface area contributed by atoms with Gasteiger partial charge in [-0.3, -0.25) is 19.9 Å². The summed E-state index contributed by atoms with van der Waals surface area (Å²) >= 11 is 0. The Hall–Kier alpha value is -2.13. The standard InChI is InChI=1S/C16H24N6O3/c1-10-11(2)22-12-13(19(3)16(24)18-14(12)23)17-15(22)21(10)5-4-20-6-8-25-9-7-20/h12-13H,4-9H2,1-3H3,(H,18,23,24). The van der Waals surface area contributed by atoms with Gasteiger partial charge in [0.2, 0.25) is 5.96 Å². The summed E-state index contributed by atoms with van der Waals surface area (Å²) in [7, 11) is 1.68. The lowest BCUT2D eigenvalue weighted by Crippen LogP contribution is -2.63. The van der Waals surface area contributed by atoms with E-state index in [1.807, 2.05) is 11.8 Å². The summed E-state index contributed by atoms with van der Waals surface area (Å²) in [5.74, 6) is 0.490. The quantitative estimate of drug-likeness (QED) is 0.736. The molecule has 2 atom stereocenters. The Morgan fingerprint density at radius 3 is 2.60 bits per heavy atom. The Morgan fingerprint density at radius 2 is 1.88 bits per heavy atom. The first-order valence-electron chi connectivity index (χ1n) is 8.69. The van der Waals surface area contributed by atoms with Crippen LogP contribution in [0, 0.1) is 0 Å².